The highest BCUT2D eigenvalue weighted by Crippen LogP contribution is 2.31. The predicted molar refractivity (Wildman–Crippen MR) is 102 cm³/mol. The molecule has 128 valence electrons. The van der Waals surface area contributed by atoms with E-state index in [1.54, 1.807) is 0 Å². The van der Waals surface area contributed by atoms with Gasteiger partial charge in [0.2, 0.25) is 0 Å². The number of hydrogen-bond acceptors (Lipinski definition) is 3. The van der Waals surface area contributed by atoms with Crippen molar-refractivity contribution in [3.8, 4) is 0 Å². The van der Waals surface area contributed by atoms with Gasteiger partial charge in [0, 0.05) is 24.1 Å². The first-order chi connectivity index (χ1) is 12.1. The zero-order valence-electron chi connectivity index (χ0n) is 13.6. The fourth-order valence-corrected chi connectivity index (χ4v) is 4.07. The Bertz CT molecular complexity index is 1040. The maximum atomic E-state index is 11.7. The van der Waals surface area contributed by atoms with Crippen molar-refractivity contribution < 1.29 is 0 Å². The smallest absolute Gasteiger partial charge is 0.314 e. The number of aromatic amines is 2. The minimum Gasteiger partial charge on any atom is -0.316 e. The Labute approximate surface area is 152 Å². The van der Waals surface area contributed by atoms with Gasteiger partial charge in [-0.05, 0) is 35.6 Å². The van der Waals surface area contributed by atoms with Crippen LogP contribution in [0, 0.1) is 0 Å². The average Bonchev–Trinajstić information content (AvgIpc) is 2.63. The van der Waals surface area contributed by atoms with Gasteiger partial charge in [0.1, 0.15) is 0 Å². The molecule has 3 aromatic rings. The van der Waals surface area contributed by atoms with Crippen LogP contribution in [0.1, 0.15) is 16.7 Å². The highest BCUT2D eigenvalue weighted by Gasteiger charge is 2.21. The quantitative estimate of drug-likeness (QED) is 0.665. The van der Waals surface area contributed by atoms with E-state index in [-0.39, 0.29) is 0 Å². The lowest BCUT2D eigenvalue weighted by atomic mass is 9.97. The number of hydrogen-bond donors (Lipinski definition) is 2. The van der Waals surface area contributed by atoms with Crippen LogP contribution in [-0.2, 0) is 19.4 Å². The summed E-state index contributed by atoms with van der Waals surface area (Å²) in [7, 11) is 0. The van der Waals surface area contributed by atoms with Gasteiger partial charge in [0.25, 0.3) is 0 Å². The average molecular weight is 400 g/mol. The van der Waals surface area contributed by atoms with Crippen LogP contribution < -0.4 is 11.1 Å². The van der Waals surface area contributed by atoms with Gasteiger partial charge in [-0.25, -0.2) is 0 Å². The summed E-state index contributed by atoms with van der Waals surface area (Å²) >= 11 is 3.63. The molecule has 0 radical (unpaired) electrons. The van der Waals surface area contributed by atoms with E-state index in [2.05, 4.69) is 55.1 Å². The van der Waals surface area contributed by atoms with Crippen LogP contribution in [0.25, 0.3) is 11.0 Å². The summed E-state index contributed by atoms with van der Waals surface area (Å²) in [6, 6.07) is 12.4. The minimum atomic E-state index is -0.611. The lowest BCUT2D eigenvalue weighted by molar-refractivity contribution is 0.257. The van der Waals surface area contributed by atoms with Gasteiger partial charge in [-0.1, -0.05) is 46.3 Å². The van der Waals surface area contributed by atoms with E-state index in [1.165, 1.54) is 11.1 Å². The van der Waals surface area contributed by atoms with Crippen LogP contribution in [0.2, 0.25) is 0 Å². The molecule has 2 N–H and O–H groups in total. The molecule has 5 nitrogen and oxygen atoms in total. The van der Waals surface area contributed by atoms with E-state index < -0.39 is 11.1 Å². The van der Waals surface area contributed by atoms with Crippen LogP contribution >= 0.6 is 15.9 Å². The van der Waals surface area contributed by atoms with E-state index in [4.69, 9.17) is 0 Å². The summed E-state index contributed by atoms with van der Waals surface area (Å²) < 4.78 is 0.974. The van der Waals surface area contributed by atoms with Crippen molar-refractivity contribution in [2.75, 3.05) is 13.1 Å². The molecule has 0 saturated heterocycles. The third-order valence-corrected chi connectivity index (χ3v) is 5.51. The maximum Gasteiger partial charge on any atom is 0.314 e. The third kappa shape index (κ3) is 3.19. The molecular formula is C19H18BrN3O2. The SMILES string of the molecule is O=c1[nH]c2cc(Br)c3c(c2[nH]c1=O)CCN(CCc1ccccc1)C3. The largest absolute Gasteiger partial charge is 0.316 e. The molecule has 1 aliphatic heterocycles. The van der Waals surface area contributed by atoms with Crippen molar-refractivity contribution in [2.45, 2.75) is 19.4 Å². The van der Waals surface area contributed by atoms with Crippen molar-refractivity contribution in [3.63, 3.8) is 0 Å². The number of H-pyrrole nitrogens is 2. The van der Waals surface area contributed by atoms with Crippen LogP contribution in [0.5, 0.6) is 0 Å². The number of aromatic nitrogens is 2. The molecule has 0 bridgehead atoms. The second-order valence-electron chi connectivity index (χ2n) is 6.41. The molecule has 2 heterocycles. The van der Waals surface area contributed by atoms with Gasteiger partial charge >= 0.3 is 11.1 Å². The van der Waals surface area contributed by atoms with Crippen molar-refractivity contribution in [1.82, 2.24) is 14.9 Å². The highest BCUT2D eigenvalue weighted by atomic mass is 79.9. The zero-order valence-corrected chi connectivity index (χ0v) is 15.2. The molecule has 25 heavy (non-hydrogen) atoms. The Balaban J connectivity index is 1.62. The lowest BCUT2D eigenvalue weighted by Crippen LogP contribution is -2.34. The van der Waals surface area contributed by atoms with Crippen LogP contribution in [0.15, 0.2) is 50.5 Å². The first-order valence-electron chi connectivity index (χ1n) is 8.34. The molecule has 0 saturated carbocycles. The van der Waals surface area contributed by atoms with Crippen molar-refractivity contribution in [2.24, 2.45) is 0 Å². The second kappa shape index (κ2) is 6.61. The fourth-order valence-electron chi connectivity index (χ4n) is 3.48. The number of fused-ring (bicyclic) bond motifs is 3. The Morgan fingerprint density at radius 1 is 1.04 bits per heavy atom. The zero-order chi connectivity index (χ0) is 17.4. The molecule has 1 aromatic heterocycles. The number of nitrogens with zero attached hydrogens (tertiary/aromatic N) is 1. The van der Waals surface area contributed by atoms with Crippen molar-refractivity contribution >= 4 is 27.0 Å². The van der Waals surface area contributed by atoms with Crippen LogP contribution in [0.3, 0.4) is 0 Å². The second-order valence-corrected chi connectivity index (χ2v) is 7.26. The van der Waals surface area contributed by atoms with Crippen LogP contribution in [0.4, 0.5) is 0 Å². The standard InChI is InChI=1S/C19H18BrN3O2/c20-15-10-16-17(22-19(25)18(24)21-16)13-7-9-23(11-14(13)15)8-6-12-4-2-1-3-5-12/h1-5,10H,6-9,11H2,(H,21,24)(H,22,25). The summed E-state index contributed by atoms with van der Waals surface area (Å²) in [4.78, 5) is 31.1. The Kier molecular flexibility index (Phi) is 4.31. The minimum absolute atomic E-state index is 0.594. The molecule has 6 heteroatoms. The topological polar surface area (TPSA) is 69.0 Å². The van der Waals surface area contributed by atoms with E-state index in [0.29, 0.717) is 5.52 Å². The molecule has 0 aliphatic carbocycles. The van der Waals surface area contributed by atoms with E-state index in [0.717, 1.165) is 48.0 Å². The lowest BCUT2D eigenvalue weighted by Gasteiger charge is -2.30. The number of benzene rings is 2. The Morgan fingerprint density at radius 3 is 2.60 bits per heavy atom. The first kappa shape index (κ1) is 16.3. The van der Waals surface area contributed by atoms with Gasteiger partial charge in [0.05, 0.1) is 11.0 Å². The molecule has 2 aromatic carbocycles. The fraction of sp³-hybridized carbons (Fsp3) is 0.263. The Morgan fingerprint density at radius 2 is 1.80 bits per heavy atom. The highest BCUT2D eigenvalue weighted by molar-refractivity contribution is 9.10. The van der Waals surface area contributed by atoms with Gasteiger partial charge in [-0.2, -0.15) is 0 Å². The number of halogens is 1. The van der Waals surface area contributed by atoms with E-state index >= 15 is 0 Å². The predicted octanol–water partition coefficient (Wildman–Crippen LogP) is 2.58. The normalized spacial score (nSPS) is 14.6. The molecule has 0 atom stereocenters. The molecule has 1 aliphatic rings. The summed E-state index contributed by atoms with van der Waals surface area (Å²) in [6.07, 6.45) is 1.87. The molecule has 0 unspecified atom stereocenters. The molecule has 4 rings (SSSR count). The molecule has 0 amide bonds. The summed E-state index contributed by atoms with van der Waals surface area (Å²) in [5.41, 5.74) is 3.87. The summed E-state index contributed by atoms with van der Waals surface area (Å²) in [6.45, 7) is 2.77. The molecule has 0 spiro atoms. The van der Waals surface area contributed by atoms with Gasteiger partial charge < -0.3 is 9.97 Å². The van der Waals surface area contributed by atoms with E-state index in [9.17, 15) is 9.59 Å². The van der Waals surface area contributed by atoms with Gasteiger partial charge in [-0.3, -0.25) is 14.5 Å². The number of nitrogens with one attached hydrogen (secondary N) is 2. The number of rotatable bonds is 3. The molecule has 0 fully saturated rings. The summed E-state index contributed by atoms with van der Waals surface area (Å²) in [5.74, 6) is 0. The van der Waals surface area contributed by atoms with Crippen LogP contribution in [-0.4, -0.2) is 28.0 Å². The first-order valence-corrected chi connectivity index (χ1v) is 9.14. The third-order valence-electron chi connectivity index (χ3n) is 4.81. The van der Waals surface area contributed by atoms with Gasteiger partial charge in [-0.15, -0.1) is 0 Å². The van der Waals surface area contributed by atoms with Crippen molar-refractivity contribution in [3.05, 3.63) is 78.3 Å². The Hall–Kier alpha value is -2.18. The maximum absolute atomic E-state index is 11.7. The monoisotopic (exact) mass is 399 g/mol. The van der Waals surface area contributed by atoms with E-state index in [1.807, 2.05) is 12.1 Å². The van der Waals surface area contributed by atoms with Gasteiger partial charge in [0.15, 0.2) is 0 Å². The molecular weight excluding hydrogens is 382 g/mol. The van der Waals surface area contributed by atoms with Crippen molar-refractivity contribution in [1.29, 1.82) is 0 Å². The summed E-state index contributed by atoms with van der Waals surface area (Å²) in [5, 5.41) is 0.